The summed E-state index contributed by atoms with van der Waals surface area (Å²) in [5.41, 5.74) is 2.65. The van der Waals surface area contributed by atoms with Gasteiger partial charge in [0.15, 0.2) is 0 Å². The summed E-state index contributed by atoms with van der Waals surface area (Å²) < 4.78 is 1.28. The number of hydrogen-bond donors (Lipinski definition) is 1. The lowest BCUT2D eigenvalue weighted by Gasteiger charge is -2.17. The van der Waals surface area contributed by atoms with E-state index in [9.17, 15) is 0 Å². The molecular weight excluding hydrogens is 297 g/mol. The molecule has 0 bridgehead atoms. The van der Waals surface area contributed by atoms with Gasteiger partial charge in [0, 0.05) is 9.61 Å². The summed E-state index contributed by atoms with van der Waals surface area (Å²) in [4.78, 5) is 0. The summed E-state index contributed by atoms with van der Waals surface area (Å²) >= 11 is 2.35. The van der Waals surface area contributed by atoms with Gasteiger partial charge in [0.1, 0.15) is 0 Å². The molecule has 0 amide bonds. The third-order valence-electron chi connectivity index (χ3n) is 2.59. The molecule has 1 nitrogen and oxygen atoms in total. The molecule has 0 aliphatic carbocycles. The highest BCUT2D eigenvalue weighted by molar-refractivity contribution is 14.1. The van der Waals surface area contributed by atoms with Crippen molar-refractivity contribution in [1.29, 1.82) is 0 Å². The number of hydrogen-bond acceptors (Lipinski definition) is 1. The van der Waals surface area contributed by atoms with Crippen LogP contribution in [0.1, 0.15) is 31.4 Å². The first-order chi connectivity index (χ1) is 7.17. The molecule has 1 atom stereocenters. The monoisotopic (exact) mass is 315 g/mol. The Hall–Kier alpha value is -0.350. The van der Waals surface area contributed by atoms with E-state index in [0.29, 0.717) is 6.04 Å². The molecule has 1 N–H and O–H groups in total. The van der Waals surface area contributed by atoms with Gasteiger partial charge < -0.3 is 5.32 Å². The largest absolute Gasteiger partial charge is 0.313 e. The van der Waals surface area contributed by atoms with E-state index in [1.165, 1.54) is 14.7 Å². The van der Waals surface area contributed by atoms with Crippen molar-refractivity contribution in [1.82, 2.24) is 5.32 Å². The fourth-order valence-electron chi connectivity index (χ4n) is 1.54. The van der Waals surface area contributed by atoms with E-state index in [2.05, 4.69) is 65.7 Å². The quantitative estimate of drug-likeness (QED) is 0.642. The third-order valence-corrected chi connectivity index (χ3v) is 3.26. The molecule has 2 heteroatoms. The Bertz CT molecular complexity index is 333. The predicted molar refractivity (Wildman–Crippen MR) is 75.0 cm³/mol. The smallest absolute Gasteiger partial charge is 0.0355 e. The average Bonchev–Trinajstić information content (AvgIpc) is 2.25. The summed E-state index contributed by atoms with van der Waals surface area (Å²) in [5.74, 6) is 0. The molecule has 1 aromatic carbocycles. The van der Waals surface area contributed by atoms with Crippen LogP contribution in [0.4, 0.5) is 0 Å². The van der Waals surface area contributed by atoms with Crippen LogP contribution < -0.4 is 5.32 Å². The van der Waals surface area contributed by atoms with Gasteiger partial charge >= 0.3 is 0 Å². The minimum absolute atomic E-state index is 0.396. The van der Waals surface area contributed by atoms with Crippen LogP contribution in [0.3, 0.4) is 0 Å². The van der Waals surface area contributed by atoms with Gasteiger partial charge in [-0.3, -0.25) is 0 Å². The molecule has 0 heterocycles. The van der Waals surface area contributed by atoms with Gasteiger partial charge in [-0.1, -0.05) is 31.2 Å². The Labute approximate surface area is 106 Å². The standard InChI is InChI=1S/C13H18IN/c1-4-10(2)8-13(15-3)11-6-5-7-12(14)9-11/h5-7,9,13,15H,2,4,8H2,1,3H3. The second-order valence-corrected chi connectivity index (χ2v) is 4.95. The first kappa shape index (κ1) is 12.7. The first-order valence-electron chi connectivity index (χ1n) is 5.26. The van der Waals surface area contributed by atoms with Crippen molar-refractivity contribution in [3.8, 4) is 0 Å². The Morgan fingerprint density at radius 1 is 1.53 bits per heavy atom. The van der Waals surface area contributed by atoms with E-state index < -0.39 is 0 Å². The summed E-state index contributed by atoms with van der Waals surface area (Å²) in [7, 11) is 2.01. The highest BCUT2D eigenvalue weighted by Crippen LogP contribution is 2.22. The van der Waals surface area contributed by atoms with E-state index in [0.717, 1.165) is 12.8 Å². The lowest BCUT2D eigenvalue weighted by atomic mass is 9.99. The lowest BCUT2D eigenvalue weighted by molar-refractivity contribution is 0.582. The van der Waals surface area contributed by atoms with Crippen molar-refractivity contribution in [2.24, 2.45) is 0 Å². The molecule has 82 valence electrons. The Morgan fingerprint density at radius 3 is 2.80 bits per heavy atom. The van der Waals surface area contributed by atoms with E-state index in [-0.39, 0.29) is 0 Å². The van der Waals surface area contributed by atoms with Crippen LogP contribution in [0.2, 0.25) is 0 Å². The van der Waals surface area contributed by atoms with Gasteiger partial charge in [0.05, 0.1) is 0 Å². The van der Waals surface area contributed by atoms with Crippen LogP contribution in [0.5, 0.6) is 0 Å². The molecule has 0 saturated heterocycles. The zero-order valence-corrected chi connectivity index (χ0v) is 11.5. The van der Waals surface area contributed by atoms with E-state index in [1.54, 1.807) is 0 Å². The predicted octanol–water partition coefficient (Wildman–Crippen LogP) is 3.91. The van der Waals surface area contributed by atoms with Crippen molar-refractivity contribution in [3.05, 3.63) is 45.6 Å². The summed E-state index contributed by atoms with van der Waals surface area (Å²) in [6, 6.07) is 9.02. The highest BCUT2D eigenvalue weighted by Gasteiger charge is 2.09. The molecule has 1 aromatic rings. The maximum Gasteiger partial charge on any atom is 0.0355 e. The molecule has 15 heavy (non-hydrogen) atoms. The Morgan fingerprint density at radius 2 is 2.27 bits per heavy atom. The zero-order valence-electron chi connectivity index (χ0n) is 9.39. The molecule has 0 aliphatic heterocycles. The third kappa shape index (κ3) is 3.95. The van der Waals surface area contributed by atoms with Gasteiger partial charge in [-0.25, -0.2) is 0 Å². The van der Waals surface area contributed by atoms with Crippen LogP contribution in [-0.4, -0.2) is 7.05 Å². The van der Waals surface area contributed by atoms with E-state index in [1.807, 2.05) is 7.05 Å². The fraction of sp³-hybridized carbons (Fsp3) is 0.385. The Balaban J connectivity index is 2.78. The maximum absolute atomic E-state index is 4.07. The molecule has 0 aromatic heterocycles. The molecule has 1 unspecified atom stereocenters. The van der Waals surface area contributed by atoms with Crippen LogP contribution in [0.25, 0.3) is 0 Å². The first-order valence-corrected chi connectivity index (χ1v) is 6.34. The van der Waals surface area contributed by atoms with Crippen molar-refractivity contribution < 1.29 is 0 Å². The van der Waals surface area contributed by atoms with Crippen LogP contribution in [-0.2, 0) is 0 Å². The average molecular weight is 315 g/mol. The Kier molecular flexibility index (Phi) is 5.32. The highest BCUT2D eigenvalue weighted by atomic mass is 127. The van der Waals surface area contributed by atoms with Gasteiger partial charge in [0.2, 0.25) is 0 Å². The molecule has 0 spiro atoms. The molecule has 1 rings (SSSR count). The van der Waals surface area contributed by atoms with Crippen LogP contribution >= 0.6 is 22.6 Å². The summed E-state index contributed by atoms with van der Waals surface area (Å²) in [6.07, 6.45) is 2.08. The maximum atomic E-state index is 4.07. The minimum Gasteiger partial charge on any atom is -0.313 e. The van der Waals surface area contributed by atoms with Crippen molar-refractivity contribution in [3.63, 3.8) is 0 Å². The van der Waals surface area contributed by atoms with Crippen molar-refractivity contribution >= 4 is 22.6 Å². The second kappa shape index (κ2) is 6.28. The number of rotatable bonds is 5. The molecule has 0 radical (unpaired) electrons. The van der Waals surface area contributed by atoms with Crippen molar-refractivity contribution in [2.75, 3.05) is 7.05 Å². The van der Waals surface area contributed by atoms with Gasteiger partial charge in [0.25, 0.3) is 0 Å². The van der Waals surface area contributed by atoms with Gasteiger partial charge in [-0.15, -0.1) is 0 Å². The van der Waals surface area contributed by atoms with Crippen LogP contribution in [0, 0.1) is 3.57 Å². The summed E-state index contributed by atoms with van der Waals surface area (Å²) in [6.45, 7) is 6.22. The SMILES string of the molecule is C=C(CC)CC(NC)c1cccc(I)c1. The zero-order chi connectivity index (χ0) is 11.3. The molecule has 0 saturated carbocycles. The fourth-order valence-corrected chi connectivity index (χ4v) is 2.11. The summed E-state index contributed by atoms with van der Waals surface area (Å²) in [5, 5.41) is 3.35. The topological polar surface area (TPSA) is 12.0 Å². The van der Waals surface area contributed by atoms with Gasteiger partial charge in [-0.05, 0) is 60.2 Å². The lowest BCUT2D eigenvalue weighted by Crippen LogP contribution is -2.16. The van der Waals surface area contributed by atoms with Crippen molar-refractivity contribution in [2.45, 2.75) is 25.8 Å². The van der Waals surface area contributed by atoms with Crippen LogP contribution in [0.15, 0.2) is 36.4 Å². The number of halogens is 1. The van der Waals surface area contributed by atoms with E-state index in [4.69, 9.17) is 0 Å². The number of benzene rings is 1. The normalized spacial score (nSPS) is 12.5. The second-order valence-electron chi connectivity index (χ2n) is 3.70. The molecule has 0 aliphatic rings. The molecular formula is C13H18IN. The minimum atomic E-state index is 0.396. The van der Waals surface area contributed by atoms with E-state index >= 15 is 0 Å². The number of nitrogens with one attached hydrogen (secondary N) is 1. The van der Waals surface area contributed by atoms with Gasteiger partial charge in [-0.2, -0.15) is 0 Å². The molecule has 0 fully saturated rings.